The molecule has 1 unspecified atom stereocenters. The van der Waals surface area contributed by atoms with E-state index in [4.69, 9.17) is 11.6 Å². The molecule has 30 heavy (non-hydrogen) atoms. The minimum Gasteiger partial charge on any atom is -0.502 e. The highest BCUT2D eigenvalue weighted by Crippen LogP contribution is 2.25. The zero-order valence-electron chi connectivity index (χ0n) is 16.3. The van der Waals surface area contributed by atoms with Gasteiger partial charge >= 0.3 is 5.69 Å². The molecule has 0 aliphatic carbocycles. The molecule has 2 aromatic rings. The van der Waals surface area contributed by atoms with Crippen LogP contribution in [0.4, 0.5) is 5.69 Å². The first-order valence-electron chi connectivity index (χ1n) is 9.04. The van der Waals surface area contributed by atoms with Crippen LogP contribution in [0, 0.1) is 16.0 Å². The van der Waals surface area contributed by atoms with Crippen molar-refractivity contribution in [3.8, 4) is 5.75 Å². The third-order valence-corrected chi connectivity index (χ3v) is 4.27. The molecule has 10 heteroatoms. The van der Waals surface area contributed by atoms with Crippen LogP contribution in [-0.2, 0) is 4.79 Å². The van der Waals surface area contributed by atoms with Gasteiger partial charge in [-0.2, -0.15) is 5.10 Å². The van der Waals surface area contributed by atoms with Gasteiger partial charge in [-0.05, 0) is 48.7 Å². The second-order valence-corrected chi connectivity index (χ2v) is 7.34. The molecule has 2 rings (SSSR count). The van der Waals surface area contributed by atoms with Crippen molar-refractivity contribution in [3.05, 3.63) is 68.7 Å². The number of phenols is 1. The number of amides is 2. The number of rotatable bonds is 8. The van der Waals surface area contributed by atoms with Gasteiger partial charge in [0.25, 0.3) is 11.8 Å². The summed E-state index contributed by atoms with van der Waals surface area (Å²) in [6, 6.07) is 9.12. The van der Waals surface area contributed by atoms with Gasteiger partial charge < -0.3 is 10.4 Å². The molecule has 0 saturated carbocycles. The molecule has 2 amide bonds. The molecule has 2 aromatic carbocycles. The summed E-state index contributed by atoms with van der Waals surface area (Å²) in [5.74, 6) is -1.31. The maximum absolute atomic E-state index is 12.5. The maximum Gasteiger partial charge on any atom is 0.311 e. The van der Waals surface area contributed by atoms with Crippen LogP contribution in [0.5, 0.6) is 5.75 Å². The van der Waals surface area contributed by atoms with Gasteiger partial charge in [0.15, 0.2) is 5.75 Å². The van der Waals surface area contributed by atoms with Crippen molar-refractivity contribution < 1.29 is 19.6 Å². The van der Waals surface area contributed by atoms with E-state index in [0.717, 1.165) is 12.1 Å². The molecule has 0 radical (unpaired) electrons. The molecule has 1 atom stereocenters. The van der Waals surface area contributed by atoms with Crippen LogP contribution in [0.25, 0.3) is 0 Å². The van der Waals surface area contributed by atoms with E-state index in [2.05, 4.69) is 15.8 Å². The van der Waals surface area contributed by atoms with Crippen molar-refractivity contribution in [2.24, 2.45) is 11.0 Å². The van der Waals surface area contributed by atoms with Crippen LogP contribution < -0.4 is 10.7 Å². The predicted molar refractivity (Wildman–Crippen MR) is 113 cm³/mol. The smallest absolute Gasteiger partial charge is 0.311 e. The first kappa shape index (κ1) is 22.8. The molecule has 0 spiro atoms. The quantitative estimate of drug-likeness (QED) is 0.334. The number of carbonyl (C=O) groups excluding carboxylic acids is 2. The summed E-state index contributed by atoms with van der Waals surface area (Å²) >= 11 is 5.82. The minimum absolute atomic E-state index is 0.120. The van der Waals surface area contributed by atoms with E-state index in [1.165, 1.54) is 12.3 Å². The Morgan fingerprint density at radius 1 is 1.23 bits per heavy atom. The first-order valence-corrected chi connectivity index (χ1v) is 9.42. The second kappa shape index (κ2) is 10.4. The molecule has 0 aromatic heterocycles. The molecular weight excluding hydrogens is 412 g/mol. The Balaban J connectivity index is 2.07. The number of nitro groups is 1. The van der Waals surface area contributed by atoms with Crippen LogP contribution in [0.3, 0.4) is 0 Å². The lowest BCUT2D eigenvalue weighted by atomic mass is 10.0. The number of nitro benzene ring substituents is 1. The highest BCUT2D eigenvalue weighted by molar-refractivity contribution is 6.30. The number of halogens is 1. The molecule has 0 fully saturated rings. The number of hydrazone groups is 1. The van der Waals surface area contributed by atoms with E-state index in [1.54, 1.807) is 24.3 Å². The highest BCUT2D eigenvalue weighted by Gasteiger charge is 2.22. The molecule has 0 bridgehead atoms. The number of hydrogen-bond acceptors (Lipinski definition) is 6. The largest absolute Gasteiger partial charge is 0.502 e. The number of carbonyl (C=O) groups is 2. The van der Waals surface area contributed by atoms with Crippen LogP contribution in [0.1, 0.15) is 36.2 Å². The van der Waals surface area contributed by atoms with E-state index in [-0.39, 0.29) is 5.92 Å². The number of nitrogens with one attached hydrogen (secondary N) is 2. The van der Waals surface area contributed by atoms with Gasteiger partial charge in [-0.15, -0.1) is 0 Å². The fourth-order valence-corrected chi connectivity index (χ4v) is 2.69. The molecule has 3 N–H and O–H groups in total. The van der Waals surface area contributed by atoms with Crippen molar-refractivity contribution in [1.82, 2.24) is 10.7 Å². The molecule has 9 nitrogen and oxygen atoms in total. The standard InChI is InChI=1S/C20H21ClN4O5/c1-12(2)9-16(23-19(27)14-4-6-15(21)7-5-14)20(28)24-22-11-13-3-8-18(26)17(10-13)25(29)30/h3-8,10-12,16,26H,9H2,1-2H3,(H,23,27)(H,24,28)/b22-11+. The average Bonchev–Trinajstić information content (AvgIpc) is 2.68. The predicted octanol–water partition coefficient (Wildman–Crippen LogP) is 3.25. The maximum atomic E-state index is 12.5. The number of benzene rings is 2. The van der Waals surface area contributed by atoms with Gasteiger partial charge in [0, 0.05) is 22.2 Å². The fraction of sp³-hybridized carbons (Fsp3) is 0.250. The van der Waals surface area contributed by atoms with Crippen molar-refractivity contribution in [2.45, 2.75) is 26.3 Å². The fourth-order valence-electron chi connectivity index (χ4n) is 2.56. The summed E-state index contributed by atoms with van der Waals surface area (Å²) in [6.07, 6.45) is 1.59. The summed E-state index contributed by atoms with van der Waals surface area (Å²) in [5.41, 5.74) is 2.53. The monoisotopic (exact) mass is 432 g/mol. The number of phenolic OH excluding ortho intramolecular Hbond substituents is 1. The summed E-state index contributed by atoms with van der Waals surface area (Å²) in [5, 5.41) is 27.3. The van der Waals surface area contributed by atoms with Crippen molar-refractivity contribution in [1.29, 1.82) is 0 Å². The molecule has 0 saturated heterocycles. The zero-order valence-corrected chi connectivity index (χ0v) is 17.1. The number of nitrogens with zero attached hydrogens (tertiary/aromatic N) is 2. The van der Waals surface area contributed by atoms with E-state index in [1.807, 2.05) is 13.8 Å². The molecule has 0 aliphatic rings. The third-order valence-electron chi connectivity index (χ3n) is 4.02. The molecule has 0 heterocycles. The van der Waals surface area contributed by atoms with Gasteiger partial charge in [-0.25, -0.2) is 5.43 Å². The van der Waals surface area contributed by atoms with Gasteiger partial charge in [0.2, 0.25) is 0 Å². The lowest BCUT2D eigenvalue weighted by Gasteiger charge is -2.19. The number of aromatic hydroxyl groups is 1. The van der Waals surface area contributed by atoms with Crippen LogP contribution >= 0.6 is 11.6 Å². The summed E-state index contributed by atoms with van der Waals surface area (Å²) in [7, 11) is 0. The Hall–Kier alpha value is -3.46. The summed E-state index contributed by atoms with van der Waals surface area (Å²) in [4.78, 5) is 35.1. The highest BCUT2D eigenvalue weighted by atomic mass is 35.5. The normalized spacial score (nSPS) is 12.0. The van der Waals surface area contributed by atoms with Crippen LogP contribution in [0.2, 0.25) is 5.02 Å². The topological polar surface area (TPSA) is 134 Å². The van der Waals surface area contributed by atoms with Crippen LogP contribution in [0.15, 0.2) is 47.6 Å². The van der Waals surface area contributed by atoms with E-state index >= 15 is 0 Å². The van der Waals surface area contributed by atoms with Gasteiger partial charge in [-0.3, -0.25) is 19.7 Å². The Bertz CT molecular complexity index is 960. The average molecular weight is 433 g/mol. The van der Waals surface area contributed by atoms with E-state index < -0.39 is 34.2 Å². The van der Waals surface area contributed by atoms with Crippen LogP contribution in [-0.4, -0.2) is 34.1 Å². The summed E-state index contributed by atoms with van der Waals surface area (Å²) in [6.45, 7) is 3.82. The SMILES string of the molecule is CC(C)CC(NC(=O)c1ccc(Cl)cc1)C(=O)N/N=C/c1ccc(O)c([N+](=O)[O-])c1. The van der Waals surface area contributed by atoms with Crippen molar-refractivity contribution in [2.75, 3.05) is 0 Å². The molecule has 0 aliphatic heterocycles. The van der Waals surface area contributed by atoms with Gasteiger partial charge in [0.05, 0.1) is 11.1 Å². The minimum atomic E-state index is -0.834. The summed E-state index contributed by atoms with van der Waals surface area (Å²) < 4.78 is 0. The molecule has 158 valence electrons. The van der Waals surface area contributed by atoms with E-state index in [0.29, 0.717) is 22.6 Å². The zero-order chi connectivity index (χ0) is 22.3. The number of hydrogen-bond donors (Lipinski definition) is 3. The lowest BCUT2D eigenvalue weighted by molar-refractivity contribution is -0.385. The van der Waals surface area contributed by atoms with Crippen molar-refractivity contribution in [3.63, 3.8) is 0 Å². The first-order chi connectivity index (χ1) is 14.2. The van der Waals surface area contributed by atoms with E-state index in [9.17, 15) is 24.8 Å². The Kier molecular flexibility index (Phi) is 7.88. The molecular formula is C20H21ClN4O5. The Labute approximate surface area is 177 Å². The Morgan fingerprint density at radius 3 is 2.50 bits per heavy atom. The lowest BCUT2D eigenvalue weighted by Crippen LogP contribution is -2.46. The Morgan fingerprint density at radius 2 is 1.90 bits per heavy atom. The third kappa shape index (κ3) is 6.56. The van der Waals surface area contributed by atoms with Crippen molar-refractivity contribution >= 4 is 35.3 Å². The second-order valence-electron chi connectivity index (χ2n) is 6.90. The van der Waals surface area contributed by atoms with Gasteiger partial charge in [0.1, 0.15) is 6.04 Å². The van der Waals surface area contributed by atoms with Gasteiger partial charge in [-0.1, -0.05) is 25.4 Å².